The molecule has 1 aromatic rings. The van der Waals surface area contributed by atoms with Crippen LogP contribution in [-0.2, 0) is 4.74 Å². The first-order chi connectivity index (χ1) is 10.2. The highest BCUT2D eigenvalue weighted by Gasteiger charge is 2.22. The van der Waals surface area contributed by atoms with Gasteiger partial charge in [0, 0.05) is 12.2 Å². The molecule has 0 aliphatic carbocycles. The minimum Gasteiger partial charge on any atom is -0.506 e. The summed E-state index contributed by atoms with van der Waals surface area (Å²) in [6, 6.07) is 5.12. The zero-order valence-corrected chi connectivity index (χ0v) is 12.2. The van der Waals surface area contributed by atoms with Gasteiger partial charge in [0.05, 0.1) is 24.9 Å². The SMILES string of the molecule is CCOC(=O)Nc1cc(N2CCCCC2CO)ccc1O. The molecular formula is C15H22N2O4. The third-order valence-corrected chi connectivity index (χ3v) is 3.66. The molecule has 6 heteroatoms. The van der Waals surface area contributed by atoms with E-state index in [2.05, 4.69) is 10.2 Å². The molecule has 1 unspecified atom stereocenters. The van der Waals surface area contributed by atoms with Gasteiger partial charge < -0.3 is 19.8 Å². The molecule has 6 nitrogen and oxygen atoms in total. The average Bonchev–Trinajstić information content (AvgIpc) is 2.49. The van der Waals surface area contributed by atoms with Crippen LogP contribution in [-0.4, -0.2) is 42.1 Å². The van der Waals surface area contributed by atoms with Gasteiger partial charge in [-0.2, -0.15) is 0 Å². The van der Waals surface area contributed by atoms with Crippen molar-refractivity contribution < 1.29 is 19.7 Å². The third-order valence-electron chi connectivity index (χ3n) is 3.66. The average molecular weight is 294 g/mol. The first-order valence-corrected chi connectivity index (χ1v) is 7.30. The van der Waals surface area contributed by atoms with Crippen molar-refractivity contribution in [1.82, 2.24) is 0 Å². The van der Waals surface area contributed by atoms with Crippen LogP contribution < -0.4 is 10.2 Å². The van der Waals surface area contributed by atoms with E-state index < -0.39 is 6.09 Å². The second kappa shape index (κ2) is 7.17. The van der Waals surface area contributed by atoms with Crippen molar-refractivity contribution in [3.05, 3.63) is 18.2 Å². The van der Waals surface area contributed by atoms with Gasteiger partial charge in [-0.1, -0.05) is 0 Å². The summed E-state index contributed by atoms with van der Waals surface area (Å²) in [5, 5.41) is 21.8. The molecule has 1 fully saturated rings. The van der Waals surface area contributed by atoms with Crippen LogP contribution in [0.3, 0.4) is 0 Å². The fraction of sp³-hybridized carbons (Fsp3) is 0.533. The van der Waals surface area contributed by atoms with Gasteiger partial charge in [-0.05, 0) is 44.4 Å². The van der Waals surface area contributed by atoms with Crippen molar-refractivity contribution in [1.29, 1.82) is 0 Å². The lowest BCUT2D eigenvalue weighted by Crippen LogP contribution is -2.41. The normalized spacial score (nSPS) is 18.4. The Hall–Kier alpha value is -1.95. The number of phenolic OH excluding ortho intramolecular Hbond substituents is 1. The number of hydrogen-bond acceptors (Lipinski definition) is 5. The highest BCUT2D eigenvalue weighted by Crippen LogP contribution is 2.32. The summed E-state index contributed by atoms with van der Waals surface area (Å²) in [5.41, 5.74) is 1.19. The van der Waals surface area contributed by atoms with Gasteiger partial charge >= 0.3 is 6.09 Å². The third kappa shape index (κ3) is 3.78. The summed E-state index contributed by atoms with van der Waals surface area (Å²) >= 11 is 0. The number of hydrogen-bond donors (Lipinski definition) is 3. The molecule has 3 N–H and O–H groups in total. The molecule has 0 saturated carbocycles. The number of rotatable bonds is 4. The molecule has 1 saturated heterocycles. The van der Waals surface area contributed by atoms with Crippen molar-refractivity contribution in [2.45, 2.75) is 32.2 Å². The number of aliphatic hydroxyl groups is 1. The van der Waals surface area contributed by atoms with Crippen LogP contribution in [0.5, 0.6) is 5.75 Å². The smallest absolute Gasteiger partial charge is 0.411 e. The predicted octanol–water partition coefficient (Wildman–Crippen LogP) is 2.31. The van der Waals surface area contributed by atoms with Gasteiger partial charge in [0.15, 0.2) is 0 Å². The number of carbonyl (C=O) groups is 1. The zero-order chi connectivity index (χ0) is 15.2. The summed E-state index contributed by atoms with van der Waals surface area (Å²) in [4.78, 5) is 13.6. The molecule has 0 radical (unpaired) electrons. The quantitative estimate of drug-likeness (QED) is 0.742. The van der Waals surface area contributed by atoms with E-state index in [0.717, 1.165) is 31.5 Å². The topological polar surface area (TPSA) is 82.0 Å². The number of aliphatic hydroxyl groups excluding tert-OH is 1. The molecule has 1 atom stereocenters. The maximum Gasteiger partial charge on any atom is 0.411 e. The summed E-state index contributed by atoms with van der Waals surface area (Å²) in [6.45, 7) is 2.94. The lowest BCUT2D eigenvalue weighted by atomic mass is 10.0. The van der Waals surface area contributed by atoms with E-state index in [-0.39, 0.29) is 25.0 Å². The van der Waals surface area contributed by atoms with E-state index in [1.165, 1.54) is 0 Å². The number of nitrogens with zero attached hydrogens (tertiary/aromatic N) is 1. The van der Waals surface area contributed by atoms with E-state index in [1.54, 1.807) is 25.1 Å². The van der Waals surface area contributed by atoms with Crippen LogP contribution in [0.15, 0.2) is 18.2 Å². The minimum absolute atomic E-state index is 0.00985. The maximum absolute atomic E-state index is 11.5. The number of carbonyl (C=O) groups excluding carboxylic acids is 1. The number of aromatic hydroxyl groups is 1. The summed E-state index contributed by atoms with van der Waals surface area (Å²) in [6.07, 6.45) is 2.52. The van der Waals surface area contributed by atoms with Crippen molar-refractivity contribution in [3.63, 3.8) is 0 Å². The van der Waals surface area contributed by atoms with Gasteiger partial charge in [0.1, 0.15) is 5.75 Å². The lowest BCUT2D eigenvalue weighted by molar-refractivity contribution is 0.168. The van der Waals surface area contributed by atoms with Crippen LogP contribution in [0.1, 0.15) is 26.2 Å². The van der Waals surface area contributed by atoms with Crippen LogP contribution in [0, 0.1) is 0 Å². The Morgan fingerprint density at radius 3 is 3.00 bits per heavy atom. The Bertz CT molecular complexity index is 493. The molecule has 1 amide bonds. The number of benzene rings is 1. The second-order valence-corrected chi connectivity index (χ2v) is 5.07. The number of ether oxygens (including phenoxy) is 1. The first-order valence-electron chi connectivity index (χ1n) is 7.30. The molecule has 1 aliphatic heterocycles. The van der Waals surface area contributed by atoms with E-state index in [4.69, 9.17) is 4.74 Å². The Morgan fingerprint density at radius 2 is 2.29 bits per heavy atom. The molecule has 2 rings (SSSR count). The van der Waals surface area contributed by atoms with Crippen molar-refractivity contribution in [2.24, 2.45) is 0 Å². The molecular weight excluding hydrogens is 272 g/mol. The van der Waals surface area contributed by atoms with Crippen molar-refractivity contribution in [3.8, 4) is 5.75 Å². The maximum atomic E-state index is 11.5. The van der Waals surface area contributed by atoms with Gasteiger partial charge in [0.2, 0.25) is 0 Å². The second-order valence-electron chi connectivity index (χ2n) is 5.07. The van der Waals surface area contributed by atoms with Crippen molar-refractivity contribution in [2.75, 3.05) is 30.0 Å². The molecule has 1 aliphatic rings. The lowest BCUT2D eigenvalue weighted by Gasteiger charge is -2.36. The number of anilines is 2. The largest absolute Gasteiger partial charge is 0.506 e. The highest BCUT2D eigenvalue weighted by molar-refractivity contribution is 5.87. The fourth-order valence-electron chi connectivity index (χ4n) is 2.61. The molecule has 1 heterocycles. The Kier molecular flexibility index (Phi) is 5.27. The summed E-state index contributed by atoms with van der Waals surface area (Å²) < 4.78 is 4.81. The monoisotopic (exact) mass is 294 g/mol. The number of phenols is 1. The van der Waals surface area contributed by atoms with Crippen molar-refractivity contribution >= 4 is 17.5 Å². The fourth-order valence-corrected chi connectivity index (χ4v) is 2.61. The van der Waals surface area contributed by atoms with Crippen LogP contribution in [0.4, 0.5) is 16.2 Å². The Labute approximate surface area is 124 Å². The Balaban J connectivity index is 2.18. The predicted molar refractivity (Wildman–Crippen MR) is 80.8 cm³/mol. The summed E-state index contributed by atoms with van der Waals surface area (Å²) in [5.74, 6) is -0.00985. The molecule has 1 aromatic carbocycles. The highest BCUT2D eigenvalue weighted by atomic mass is 16.5. The van der Waals surface area contributed by atoms with E-state index in [1.807, 2.05) is 0 Å². The number of piperidine rings is 1. The minimum atomic E-state index is -0.595. The van der Waals surface area contributed by atoms with Gasteiger partial charge in [-0.15, -0.1) is 0 Å². The summed E-state index contributed by atoms with van der Waals surface area (Å²) in [7, 11) is 0. The molecule has 0 spiro atoms. The zero-order valence-electron chi connectivity index (χ0n) is 12.2. The molecule has 21 heavy (non-hydrogen) atoms. The van der Waals surface area contributed by atoms with Crippen LogP contribution in [0.25, 0.3) is 0 Å². The van der Waals surface area contributed by atoms with Crippen LogP contribution in [0.2, 0.25) is 0 Å². The van der Waals surface area contributed by atoms with Gasteiger partial charge in [0.25, 0.3) is 0 Å². The van der Waals surface area contributed by atoms with Gasteiger partial charge in [-0.25, -0.2) is 4.79 Å². The number of nitrogens with one attached hydrogen (secondary N) is 1. The van der Waals surface area contributed by atoms with E-state index in [0.29, 0.717) is 5.69 Å². The molecule has 116 valence electrons. The molecule has 0 aromatic heterocycles. The van der Waals surface area contributed by atoms with Gasteiger partial charge in [-0.3, -0.25) is 5.32 Å². The van der Waals surface area contributed by atoms with Crippen LogP contribution >= 0.6 is 0 Å². The standard InChI is InChI=1S/C15H22N2O4/c1-2-21-15(20)16-13-9-11(6-7-14(13)19)17-8-4-3-5-12(17)10-18/h6-7,9,12,18-19H,2-5,8,10H2,1H3,(H,16,20). The first kappa shape index (κ1) is 15.4. The molecule has 0 bridgehead atoms. The van der Waals surface area contributed by atoms with E-state index >= 15 is 0 Å². The Morgan fingerprint density at radius 1 is 1.48 bits per heavy atom. The van der Waals surface area contributed by atoms with E-state index in [9.17, 15) is 15.0 Å². The number of amides is 1.